The molecular formula is C20H24N2O2. The number of aryl methyl sites for hydroxylation is 2. The zero-order valence-electron chi connectivity index (χ0n) is 14.3. The number of anilines is 1. The molecule has 2 aromatic carbocycles. The highest BCUT2D eigenvalue weighted by Gasteiger charge is 2.30. The van der Waals surface area contributed by atoms with Crippen molar-refractivity contribution in [3.63, 3.8) is 0 Å². The van der Waals surface area contributed by atoms with Crippen LogP contribution in [0.5, 0.6) is 0 Å². The number of piperazine rings is 1. The first-order valence-electron chi connectivity index (χ1n) is 8.40. The highest BCUT2D eigenvalue weighted by atomic mass is 16.4. The summed E-state index contributed by atoms with van der Waals surface area (Å²) in [6.45, 7) is 7.44. The summed E-state index contributed by atoms with van der Waals surface area (Å²) in [5.74, 6) is -0.777. The molecule has 1 N–H and O–H groups in total. The van der Waals surface area contributed by atoms with Gasteiger partial charge in [0.25, 0.3) is 0 Å². The van der Waals surface area contributed by atoms with Crippen molar-refractivity contribution in [2.75, 3.05) is 31.1 Å². The van der Waals surface area contributed by atoms with Crippen molar-refractivity contribution in [1.29, 1.82) is 0 Å². The second-order valence-corrected chi connectivity index (χ2v) is 6.44. The monoisotopic (exact) mass is 324 g/mol. The maximum atomic E-state index is 11.8. The Morgan fingerprint density at radius 3 is 2.21 bits per heavy atom. The van der Waals surface area contributed by atoms with Gasteiger partial charge in [0.15, 0.2) is 0 Å². The Hall–Kier alpha value is -2.33. The van der Waals surface area contributed by atoms with Gasteiger partial charge < -0.3 is 10.0 Å². The van der Waals surface area contributed by atoms with Gasteiger partial charge in [-0.1, -0.05) is 36.4 Å². The Bertz CT molecular complexity index is 707. The smallest absolute Gasteiger partial charge is 0.325 e. The Morgan fingerprint density at radius 2 is 1.62 bits per heavy atom. The molecule has 2 aromatic rings. The Kier molecular flexibility index (Phi) is 4.86. The van der Waals surface area contributed by atoms with Crippen molar-refractivity contribution < 1.29 is 9.90 Å². The highest BCUT2D eigenvalue weighted by Crippen LogP contribution is 2.25. The third-order valence-electron chi connectivity index (χ3n) is 4.88. The molecule has 0 spiro atoms. The van der Waals surface area contributed by atoms with Crippen LogP contribution in [0, 0.1) is 13.8 Å². The zero-order chi connectivity index (χ0) is 17.1. The molecule has 1 aliphatic heterocycles. The van der Waals surface area contributed by atoms with Gasteiger partial charge in [0.05, 0.1) is 0 Å². The van der Waals surface area contributed by atoms with Crippen LogP contribution in [0.15, 0.2) is 48.5 Å². The van der Waals surface area contributed by atoms with Crippen LogP contribution in [0.3, 0.4) is 0 Å². The number of carbonyl (C=O) groups is 1. The molecule has 24 heavy (non-hydrogen) atoms. The van der Waals surface area contributed by atoms with Crippen LogP contribution in [-0.2, 0) is 4.79 Å². The topological polar surface area (TPSA) is 43.8 Å². The molecule has 4 nitrogen and oxygen atoms in total. The SMILES string of the molecule is Cc1ccc(N2CCN([C@H](C(=O)O)c3ccccc3)CC2)cc1C. The summed E-state index contributed by atoms with van der Waals surface area (Å²) in [6.07, 6.45) is 0. The van der Waals surface area contributed by atoms with Crippen LogP contribution in [0.1, 0.15) is 22.7 Å². The minimum Gasteiger partial charge on any atom is -0.480 e. The van der Waals surface area contributed by atoms with Gasteiger partial charge >= 0.3 is 5.97 Å². The fraction of sp³-hybridized carbons (Fsp3) is 0.350. The minimum atomic E-state index is -0.777. The molecule has 0 unspecified atom stereocenters. The number of benzene rings is 2. The van der Waals surface area contributed by atoms with E-state index >= 15 is 0 Å². The lowest BCUT2D eigenvalue weighted by molar-refractivity contribution is -0.143. The molecular weight excluding hydrogens is 300 g/mol. The number of hydrogen-bond acceptors (Lipinski definition) is 3. The number of nitrogens with zero attached hydrogens (tertiary/aromatic N) is 2. The number of aliphatic carboxylic acids is 1. The van der Waals surface area contributed by atoms with E-state index in [1.807, 2.05) is 30.3 Å². The number of hydrogen-bond donors (Lipinski definition) is 1. The average molecular weight is 324 g/mol. The van der Waals surface area contributed by atoms with E-state index in [0.717, 1.165) is 31.7 Å². The van der Waals surface area contributed by atoms with E-state index in [1.54, 1.807) is 0 Å². The van der Waals surface area contributed by atoms with E-state index in [2.05, 4.69) is 41.8 Å². The average Bonchev–Trinajstić information content (AvgIpc) is 2.59. The largest absolute Gasteiger partial charge is 0.480 e. The predicted molar refractivity (Wildman–Crippen MR) is 96.5 cm³/mol. The summed E-state index contributed by atoms with van der Waals surface area (Å²) in [6, 6.07) is 15.5. The molecule has 126 valence electrons. The molecule has 0 aliphatic carbocycles. The van der Waals surface area contributed by atoms with Crippen LogP contribution in [0.4, 0.5) is 5.69 Å². The first kappa shape index (κ1) is 16.5. The van der Waals surface area contributed by atoms with Gasteiger partial charge in [-0.05, 0) is 42.7 Å². The Labute approximate surface area is 143 Å². The summed E-state index contributed by atoms with van der Waals surface area (Å²) in [5, 5.41) is 9.67. The van der Waals surface area contributed by atoms with Crippen LogP contribution in [0.25, 0.3) is 0 Å². The summed E-state index contributed by atoms with van der Waals surface area (Å²) in [5.41, 5.74) is 4.67. The van der Waals surface area contributed by atoms with Gasteiger partial charge in [0.2, 0.25) is 0 Å². The fourth-order valence-corrected chi connectivity index (χ4v) is 3.31. The van der Waals surface area contributed by atoms with Crippen molar-refractivity contribution in [1.82, 2.24) is 4.90 Å². The van der Waals surface area contributed by atoms with Gasteiger partial charge in [-0.2, -0.15) is 0 Å². The standard InChI is InChI=1S/C20H24N2O2/c1-15-8-9-18(14-16(15)2)21-10-12-22(13-11-21)19(20(23)24)17-6-4-3-5-7-17/h3-9,14,19H,10-13H2,1-2H3,(H,23,24)/t19-/m0/s1. The van der Waals surface area contributed by atoms with E-state index in [1.165, 1.54) is 16.8 Å². The van der Waals surface area contributed by atoms with Crippen LogP contribution >= 0.6 is 0 Å². The molecule has 0 radical (unpaired) electrons. The summed E-state index contributed by atoms with van der Waals surface area (Å²) < 4.78 is 0. The molecule has 0 aromatic heterocycles. The Balaban J connectivity index is 1.71. The van der Waals surface area contributed by atoms with Gasteiger partial charge in [0.1, 0.15) is 6.04 Å². The highest BCUT2D eigenvalue weighted by molar-refractivity contribution is 5.75. The summed E-state index contributed by atoms with van der Waals surface area (Å²) in [4.78, 5) is 16.2. The molecule has 0 bridgehead atoms. The van der Waals surface area contributed by atoms with Crippen molar-refractivity contribution in [2.24, 2.45) is 0 Å². The molecule has 4 heteroatoms. The molecule has 1 fully saturated rings. The molecule has 1 aliphatic rings. The maximum Gasteiger partial charge on any atom is 0.325 e. The lowest BCUT2D eigenvalue weighted by atomic mass is 10.0. The van der Waals surface area contributed by atoms with Gasteiger partial charge in [-0.25, -0.2) is 0 Å². The minimum absolute atomic E-state index is 0.562. The van der Waals surface area contributed by atoms with Crippen molar-refractivity contribution in [3.8, 4) is 0 Å². The molecule has 3 rings (SSSR count). The second-order valence-electron chi connectivity index (χ2n) is 6.44. The number of carboxylic acid groups (broad SMARTS) is 1. The molecule has 0 amide bonds. The predicted octanol–water partition coefficient (Wildman–Crippen LogP) is 3.25. The van der Waals surface area contributed by atoms with E-state index < -0.39 is 12.0 Å². The molecule has 1 atom stereocenters. The first-order valence-corrected chi connectivity index (χ1v) is 8.40. The number of carboxylic acids is 1. The maximum absolute atomic E-state index is 11.8. The van der Waals surface area contributed by atoms with Crippen LogP contribution < -0.4 is 4.90 Å². The van der Waals surface area contributed by atoms with Crippen molar-refractivity contribution >= 4 is 11.7 Å². The third kappa shape index (κ3) is 3.44. The quantitative estimate of drug-likeness (QED) is 0.937. The van der Waals surface area contributed by atoms with E-state index in [9.17, 15) is 9.90 Å². The zero-order valence-corrected chi connectivity index (χ0v) is 14.3. The van der Waals surface area contributed by atoms with Gasteiger partial charge in [-0.15, -0.1) is 0 Å². The van der Waals surface area contributed by atoms with Gasteiger partial charge in [0, 0.05) is 31.9 Å². The van der Waals surface area contributed by atoms with E-state index in [4.69, 9.17) is 0 Å². The van der Waals surface area contributed by atoms with Crippen molar-refractivity contribution in [2.45, 2.75) is 19.9 Å². The van der Waals surface area contributed by atoms with Crippen LogP contribution in [0.2, 0.25) is 0 Å². The number of rotatable bonds is 4. The molecule has 0 saturated carbocycles. The normalized spacial score (nSPS) is 16.8. The Morgan fingerprint density at radius 1 is 0.958 bits per heavy atom. The summed E-state index contributed by atoms with van der Waals surface area (Å²) in [7, 11) is 0. The lowest BCUT2D eigenvalue weighted by Crippen LogP contribution is -2.49. The lowest BCUT2D eigenvalue weighted by Gasteiger charge is -2.39. The van der Waals surface area contributed by atoms with Crippen LogP contribution in [-0.4, -0.2) is 42.2 Å². The van der Waals surface area contributed by atoms with E-state index in [0.29, 0.717) is 0 Å². The summed E-state index contributed by atoms with van der Waals surface area (Å²) >= 11 is 0. The molecule has 1 heterocycles. The third-order valence-corrected chi connectivity index (χ3v) is 4.88. The first-order chi connectivity index (χ1) is 11.6. The fourth-order valence-electron chi connectivity index (χ4n) is 3.31. The van der Waals surface area contributed by atoms with E-state index in [-0.39, 0.29) is 0 Å². The van der Waals surface area contributed by atoms with Gasteiger partial charge in [-0.3, -0.25) is 9.69 Å². The second kappa shape index (κ2) is 7.05. The molecule has 1 saturated heterocycles. The van der Waals surface area contributed by atoms with Crippen molar-refractivity contribution in [3.05, 3.63) is 65.2 Å².